The Hall–Kier alpha value is -0.790. The van der Waals surface area contributed by atoms with Crippen LogP contribution in [0.25, 0.3) is 0 Å². The molecular weight excluding hydrogens is 304 g/mol. The molecule has 0 saturated carbocycles. The Balaban J connectivity index is 3.57. The van der Waals surface area contributed by atoms with Crippen LogP contribution >= 0.6 is 22.3 Å². The van der Waals surface area contributed by atoms with Crippen molar-refractivity contribution >= 4 is 36.6 Å². The number of rotatable bonds is 2. The highest BCUT2D eigenvalue weighted by Crippen LogP contribution is 2.33. The Kier molecular flexibility index (Phi) is 3.75. The van der Waals surface area contributed by atoms with E-state index in [1.807, 2.05) is 0 Å². The highest BCUT2D eigenvalue weighted by atomic mass is 35.7. The number of carbonyl (C=O) groups excluding carboxylic acids is 1. The summed E-state index contributed by atoms with van der Waals surface area (Å²) in [5.74, 6) is 0. The summed E-state index contributed by atoms with van der Waals surface area (Å²) in [4.78, 5) is 9.87. The van der Waals surface area contributed by atoms with Crippen molar-refractivity contribution in [3.63, 3.8) is 0 Å². The minimum absolute atomic E-state index is 0.262. The largest absolute Gasteiger partial charge is 0.416 e. The van der Waals surface area contributed by atoms with Gasteiger partial charge in [-0.2, -0.15) is 13.2 Å². The molecule has 0 bridgehead atoms. The van der Waals surface area contributed by atoms with E-state index < -0.39 is 36.5 Å². The fourth-order valence-corrected chi connectivity index (χ4v) is 2.36. The van der Waals surface area contributed by atoms with Crippen LogP contribution < -0.4 is 0 Å². The summed E-state index contributed by atoms with van der Waals surface area (Å²) in [6, 6.07) is 1.46. The van der Waals surface area contributed by atoms with Gasteiger partial charge in [-0.25, -0.2) is 8.42 Å². The highest BCUT2D eigenvalue weighted by molar-refractivity contribution is 8.13. The number of alkyl halides is 3. The van der Waals surface area contributed by atoms with Crippen LogP contribution in [-0.2, 0) is 15.2 Å². The van der Waals surface area contributed by atoms with E-state index in [0.29, 0.717) is 12.1 Å². The van der Waals surface area contributed by atoms with E-state index in [1.165, 1.54) is 0 Å². The van der Waals surface area contributed by atoms with Crippen LogP contribution in [0.5, 0.6) is 0 Å². The molecule has 0 heterocycles. The molecule has 0 aliphatic carbocycles. The van der Waals surface area contributed by atoms with Crippen molar-refractivity contribution in [2.75, 3.05) is 0 Å². The van der Waals surface area contributed by atoms with Gasteiger partial charge < -0.3 is 0 Å². The summed E-state index contributed by atoms with van der Waals surface area (Å²) in [6.07, 6.45) is -4.75. The Bertz CT molecular complexity index is 566. The van der Waals surface area contributed by atoms with Gasteiger partial charge in [-0.3, -0.25) is 4.79 Å². The van der Waals surface area contributed by atoms with E-state index in [9.17, 15) is 26.4 Å². The van der Waals surface area contributed by atoms with Gasteiger partial charge in [0.05, 0.1) is 16.0 Å². The maximum absolute atomic E-state index is 12.3. The Morgan fingerprint density at radius 2 is 1.76 bits per heavy atom. The second-order valence-electron chi connectivity index (χ2n) is 2.92. The molecule has 9 heteroatoms. The molecule has 0 spiro atoms. The molecule has 1 aromatic rings. The van der Waals surface area contributed by atoms with Crippen LogP contribution in [0, 0.1) is 0 Å². The predicted octanol–water partition coefficient (Wildman–Crippen LogP) is 3.01. The average Bonchev–Trinajstić information content (AvgIpc) is 2.14. The molecule has 0 aliphatic heterocycles. The second-order valence-corrected chi connectivity index (χ2v) is 5.80. The molecule has 17 heavy (non-hydrogen) atoms. The topological polar surface area (TPSA) is 51.2 Å². The molecule has 0 fully saturated rings. The molecule has 0 atom stereocenters. The van der Waals surface area contributed by atoms with Crippen LogP contribution in [-0.4, -0.2) is 13.7 Å². The number of halogens is 5. The van der Waals surface area contributed by atoms with Crippen molar-refractivity contribution in [2.24, 2.45) is 0 Å². The Labute approximate surface area is 104 Å². The molecule has 0 amide bonds. The van der Waals surface area contributed by atoms with Gasteiger partial charge >= 0.3 is 6.18 Å². The molecule has 0 saturated heterocycles. The summed E-state index contributed by atoms with van der Waals surface area (Å²) in [6.45, 7) is 0. The molecule has 3 nitrogen and oxygen atoms in total. The number of hydrogen-bond donors (Lipinski definition) is 0. The zero-order valence-electron chi connectivity index (χ0n) is 7.75. The maximum atomic E-state index is 12.3. The fraction of sp³-hybridized carbons (Fsp3) is 0.125. The first-order valence-electron chi connectivity index (χ1n) is 3.89. The van der Waals surface area contributed by atoms with Crippen molar-refractivity contribution in [1.82, 2.24) is 0 Å². The lowest BCUT2D eigenvalue weighted by atomic mass is 10.1. The van der Waals surface area contributed by atoms with E-state index >= 15 is 0 Å². The van der Waals surface area contributed by atoms with Gasteiger partial charge in [0.15, 0.2) is 0 Å². The van der Waals surface area contributed by atoms with E-state index in [4.69, 9.17) is 22.3 Å². The van der Waals surface area contributed by atoms with Gasteiger partial charge in [0.2, 0.25) is 0 Å². The second kappa shape index (κ2) is 4.47. The predicted molar refractivity (Wildman–Crippen MR) is 54.7 cm³/mol. The molecule has 0 radical (unpaired) electrons. The van der Waals surface area contributed by atoms with Gasteiger partial charge in [0.25, 0.3) is 14.3 Å². The molecule has 0 aromatic heterocycles. The van der Waals surface area contributed by atoms with Crippen molar-refractivity contribution < 1.29 is 26.4 Å². The van der Waals surface area contributed by atoms with E-state index in [1.54, 1.807) is 0 Å². The summed E-state index contributed by atoms with van der Waals surface area (Å²) >= 11 is 5.04. The standard InChI is InChI=1S/C8H3Cl2F3O3S/c9-7(14)5-2-1-4(8(11,12)13)3-6(5)17(10,15)16/h1-3H. The van der Waals surface area contributed by atoms with Crippen molar-refractivity contribution in [3.8, 4) is 0 Å². The van der Waals surface area contributed by atoms with E-state index in [-0.39, 0.29) is 6.07 Å². The number of benzene rings is 1. The van der Waals surface area contributed by atoms with E-state index in [0.717, 1.165) is 0 Å². The van der Waals surface area contributed by atoms with Crippen molar-refractivity contribution in [2.45, 2.75) is 11.1 Å². The third kappa shape index (κ3) is 3.34. The fourth-order valence-electron chi connectivity index (χ4n) is 1.06. The van der Waals surface area contributed by atoms with E-state index in [2.05, 4.69) is 0 Å². The molecule has 1 aromatic carbocycles. The molecule has 94 valence electrons. The first-order valence-corrected chi connectivity index (χ1v) is 6.58. The van der Waals surface area contributed by atoms with Gasteiger partial charge in [-0.1, -0.05) is 0 Å². The van der Waals surface area contributed by atoms with Gasteiger partial charge in [-0.05, 0) is 29.8 Å². The lowest BCUT2D eigenvalue weighted by molar-refractivity contribution is -0.137. The molecule has 0 unspecified atom stereocenters. The Morgan fingerprint density at radius 3 is 2.12 bits per heavy atom. The molecule has 0 N–H and O–H groups in total. The van der Waals surface area contributed by atoms with Gasteiger partial charge in [-0.15, -0.1) is 0 Å². The van der Waals surface area contributed by atoms with Crippen molar-refractivity contribution in [3.05, 3.63) is 29.3 Å². The quantitative estimate of drug-likeness (QED) is 0.789. The van der Waals surface area contributed by atoms with Gasteiger partial charge in [0, 0.05) is 10.7 Å². The number of hydrogen-bond acceptors (Lipinski definition) is 3. The maximum Gasteiger partial charge on any atom is 0.416 e. The van der Waals surface area contributed by atoms with Crippen LogP contribution in [0.4, 0.5) is 13.2 Å². The zero-order chi connectivity index (χ0) is 13.4. The summed E-state index contributed by atoms with van der Waals surface area (Å²) < 4.78 is 59.0. The third-order valence-corrected chi connectivity index (χ3v) is 3.35. The van der Waals surface area contributed by atoms with Crippen LogP contribution in [0.1, 0.15) is 15.9 Å². The third-order valence-electron chi connectivity index (χ3n) is 1.78. The summed E-state index contributed by atoms with van der Waals surface area (Å²) in [5.41, 5.74) is -1.84. The SMILES string of the molecule is O=C(Cl)c1ccc(C(F)(F)F)cc1S(=O)(=O)Cl. The smallest absolute Gasteiger partial charge is 0.276 e. The monoisotopic (exact) mass is 306 g/mol. The minimum Gasteiger partial charge on any atom is -0.276 e. The number of carbonyl (C=O) groups is 1. The first-order chi connectivity index (χ1) is 7.53. The van der Waals surface area contributed by atoms with Crippen LogP contribution in [0.15, 0.2) is 23.1 Å². The molecular formula is C8H3Cl2F3O3S. The highest BCUT2D eigenvalue weighted by Gasteiger charge is 2.33. The average molecular weight is 307 g/mol. The molecule has 0 aliphatic rings. The normalized spacial score (nSPS) is 12.5. The first kappa shape index (κ1) is 14.3. The summed E-state index contributed by atoms with van der Waals surface area (Å²) in [5, 5.41) is -1.21. The lowest BCUT2D eigenvalue weighted by Gasteiger charge is -2.09. The Morgan fingerprint density at radius 1 is 1.24 bits per heavy atom. The molecule has 1 rings (SSSR count). The zero-order valence-corrected chi connectivity index (χ0v) is 10.1. The summed E-state index contributed by atoms with van der Waals surface area (Å²) in [7, 11) is 0.430. The van der Waals surface area contributed by atoms with Crippen LogP contribution in [0.2, 0.25) is 0 Å². The minimum atomic E-state index is -4.75. The van der Waals surface area contributed by atoms with Gasteiger partial charge in [0.1, 0.15) is 0 Å². The van der Waals surface area contributed by atoms with Crippen LogP contribution in [0.3, 0.4) is 0 Å². The lowest BCUT2D eigenvalue weighted by Crippen LogP contribution is -2.09. The van der Waals surface area contributed by atoms with Crippen molar-refractivity contribution in [1.29, 1.82) is 0 Å².